The van der Waals surface area contributed by atoms with Crippen molar-refractivity contribution < 1.29 is 0 Å². The van der Waals surface area contributed by atoms with Crippen LogP contribution in [0.25, 0.3) is 5.57 Å². The maximum Gasteiger partial charge on any atom is 0.127 e. The fourth-order valence-electron chi connectivity index (χ4n) is 10.3. The standard InChI is InChI=1S/C37H51NSi/c1-25-34(26-17-11-9-12-18-26)30-24-33-29(28-21-15-16-22-32(28)37(33,5)6)23-31(30)35(25)39(7,8)38(36(2,3)4)27-19-13-10-14-20-27/h9,11-12,15-18,21-25,27,30-31,34-35H,10,13-14,19-20H2,1-8H3. The van der Waals surface area contributed by atoms with Gasteiger partial charge in [-0.2, -0.15) is 0 Å². The highest BCUT2D eigenvalue weighted by Gasteiger charge is 2.59. The summed E-state index contributed by atoms with van der Waals surface area (Å²) in [6.45, 7) is 20.6. The number of fused-ring (bicyclic) bond motifs is 4. The van der Waals surface area contributed by atoms with E-state index in [1.54, 1.807) is 16.7 Å². The average Bonchev–Trinajstić information content (AvgIpc) is 3.30. The third-order valence-electron chi connectivity index (χ3n) is 11.3. The lowest BCUT2D eigenvalue weighted by Gasteiger charge is -2.56. The van der Waals surface area contributed by atoms with Crippen molar-refractivity contribution in [2.24, 2.45) is 17.8 Å². The fourth-order valence-corrected chi connectivity index (χ4v) is 16.3. The lowest BCUT2D eigenvalue weighted by atomic mass is 9.73. The Morgan fingerprint density at radius 2 is 1.46 bits per heavy atom. The van der Waals surface area contributed by atoms with E-state index in [9.17, 15) is 0 Å². The molecule has 0 amide bonds. The number of rotatable bonds is 4. The highest BCUT2D eigenvalue weighted by molar-refractivity contribution is 6.76. The van der Waals surface area contributed by atoms with Crippen LogP contribution in [0.2, 0.25) is 18.6 Å². The molecule has 2 fully saturated rings. The number of benzene rings is 2. The van der Waals surface area contributed by atoms with Crippen LogP contribution >= 0.6 is 0 Å². The van der Waals surface area contributed by atoms with Crippen molar-refractivity contribution in [2.75, 3.05) is 0 Å². The van der Waals surface area contributed by atoms with E-state index in [-0.39, 0.29) is 11.0 Å². The molecular formula is C37H51NSi. The molecule has 0 N–H and O–H groups in total. The first-order valence-electron chi connectivity index (χ1n) is 15.8. The third-order valence-corrected chi connectivity index (χ3v) is 16.1. The van der Waals surface area contributed by atoms with Crippen LogP contribution in [0.3, 0.4) is 0 Å². The van der Waals surface area contributed by atoms with Crippen LogP contribution < -0.4 is 0 Å². The van der Waals surface area contributed by atoms with Gasteiger partial charge in [-0.05, 0) is 90.7 Å². The van der Waals surface area contributed by atoms with Gasteiger partial charge < -0.3 is 4.57 Å². The molecule has 2 heteroatoms. The second kappa shape index (κ2) is 9.59. The van der Waals surface area contributed by atoms with E-state index in [1.807, 2.05) is 0 Å². The van der Waals surface area contributed by atoms with Gasteiger partial charge in [0.05, 0.1) is 0 Å². The molecule has 4 aliphatic rings. The molecule has 0 heterocycles. The van der Waals surface area contributed by atoms with Crippen molar-refractivity contribution in [1.82, 2.24) is 4.57 Å². The van der Waals surface area contributed by atoms with Gasteiger partial charge in [0.1, 0.15) is 8.24 Å². The Labute approximate surface area is 239 Å². The number of allylic oxidation sites excluding steroid dienone is 4. The minimum absolute atomic E-state index is 0.0719. The van der Waals surface area contributed by atoms with E-state index >= 15 is 0 Å². The molecule has 1 nitrogen and oxygen atoms in total. The minimum Gasteiger partial charge on any atom is -0.316 e. The van der Waals surface area contributed by atoms with Gasteiger partial charge in [0, 0.05) is 17.0 Å². The van der Waals surface area contributed by atoms with Crippen LogP contribution in [0.15, 0.2) is 72.3 Å². The van der Waals surface area contributed by atoms with Crippen LogP contribution in [0, 0.1) is 17.8 Å². The topological polar surface area (TPSA) is 3.24 Å². The van der Waals surface area contributed by atoms with E-state index in [0.717, 1.165) is 11.6 Å². The Morgan fingerprint density at radius 3 is 2.13 bits per heavy atom. The van der Waals surface area contributed by atoms with E-state index in [4.69, 9.17) is 0 Å². The SMILES string of the molecule is CC1C(c2ccccc2)C2C=C3C(=CC2C1[Si](C)(C)N(C1CCCCC1)C(C)(C)C)c1ccccc1C3(C)C. The van der Waals surface area contributed by atoms with Gasteiger partial charge in [-0.3, -0.25) is 0 Å². The molecule has 0 bridgehead atoms. The maximum absolute atomic E-state index is 3.13. The molecule has 0 saturated heterocycles. The highest BCUT2D eigenvalue weighted by atomic mass is 28.3. The van der Waals surface area contributed by atoms with Gasteiger partial charge in [-0.25, -0.2) is 0 Å². The molecule has 6 rings (SSSR count). The van der Waals surface area contributed by atoms with Crippen molar-refractivity contribution in [3.63, 3.8) is 0 Å². The van der Waals surface area contributed by atoms with Crippen molar-refractivity contribution in [1.29, 1.82) is 0 Å². The Kier molecular flexibility index (Phi) is 6.71. The normalized spacial score (nSPS) is 30.4. The number of hydrogen-bond donors (Lipinski definition) is 0. The summed E-state index contributed by atoms with van der Waals surface area (Å²) in [6, 6.07) is 21.6. The Morgan fingerprint density at radius 1 is 0.821 bits per heavy atom. The second-order valence-corrected chi connectivity index (χ2v) is 19.7. The first-order valence-corrected chi connectivity index (χ1v) is 18.8. The zero-order valence-corrected chi connectivity index (χ0v) is 26.8. The molecule has 0 aliphatic heterocycles. The van der Waals surface area contributed by atoms with Crippen molar-refractivity contribution >= 4 is 13.8 Å². The fraction of sp³-hybridized carbons (Fsp3) is 0.568. The Hall–Kier alpha value is -1.90. The van der Waals surface area contributed by atoms with Gasteiger partial charge in [0.2, 0.25) is 0 Å². The summed E-state index contributed by atoms with van der Waals surface area (Å²) in [6.07, 6.45) is 12.6. The van der Waals surface area contributed by atoms with E-state index in [2.05, 4.69) is 126 Å². The molecule has 2 aromatic rings. The van der Waals surface area contributed by atoms with Crippen LogP contribution in [-0.2, 0) is 5.41 Å². The number of hydrogen-bond acceptors (Lipinski definition) is 1. The number of nitrogens with zero attached hydrogens (tertiary/aromatic N) is 1. The molecule has 39 heavy (non-hydrogen) atoms. The van der Waals surface area contributed by atoms with Crippen LogP contribution in [0.5, 0.6) is 0 Å². The molecule has 0 radical (unpaired) electrons. The van der Waals surface area contributed by atoms with Gasteiger partial charge in [0.15, 0.2) is 0 Å². The van der Waals surface area contributed by atoms with Crippen molar-refractivity contribution in [3.8, 4) is 0 Å². The summed E-state index contributed by atoms with van der Waals surface area (Å²) < 4.78 is 3.13. The predicted octanol–water partition coefficient (Wildman–Crippen LogP) is 9.98. The summed E-state index contributed by atoms with van der Waals surface area (Å²) in [5.41, 5.74) is 8.67. The Bertz CT molecular complexity index is 1270. The first-order chi connectivity index (χ1) is 18.4. The summed E-state index contributed by atoms with van der Waals surface area (Å²) in [5, 5.41) is 0. The Balaban J connectivity index is 1.51. The summed E-state index contributed by atoms with van der Waals surface area (Å²) >= 11 is 0. The monoisotopic (exact) mass is 537 g/mol. The van der Waals surface area contributed by atoms with Gasteiger partial charge >= 0.3 is 0 Å². The van der Waals surface area contributed by atoms with Crippen molar-refractivity contribution in [2.45, 2.75) is 115 Å². The molecule has 2 saturated carbocycles. The highest BCUT2D eigenvalue weighted by Crippen LogP contribution is 2.65. The van der Waals surface area contributed by atoms with Crippen molar-refractivity contribution in [3.05, 3.63) is 89.0 Å². The first kappa shape index (κ1) is 27.3. The minimum atomic E-state index is -1.88. The van der Waals surface area contributed by atoms with E-state index < -0.39 is 8.24 Å². The lowest BCUT2D eigenvalue weighted by molar-refractivity contribution is 0.138. The molecule has 0 aromatic heterocycles. The van der Waals surface area contributed by atoms with Gasteiger partial charge in [0.25, 0.3) is 0 Å². The quantitative estimate of drug-likeness (QED) is 0.351. The molecule has 4 aliphatic carbocycles. The zero-order chi connectivity index (χ0) is 27.7. The predicted molar refractivity (Wildman–Crippen MR) is 171 cm³/mol. The van der Waals surface area contributed by atoms with Gasteiger partial charge in [-0.15, -0.1) is 0 Å². The van der Waals surface area contributed by atoms with E-state index in [1.165, 1.54) is 43.2 Å². The van der Waals surface area contributed by atoms with Crippen LogP contribution in [0.4, 0.5) is 0 Å². The maximum atomic E-state index is 3.13. The largest absolute Gasteiger partial charge is 0.316 e. The lowest BCUT2D eigenvalue weighted by Crippen LogP contribution is -2.65. The summed E-state index contributed by atoms with van der Waals surface area (Å²) in [5.74, 6) is 2.40. The molecule has 5 unspecified atom stereocenters. The summed E-state index contributed by atoms with van der Waals surface area (Å²) in [4.78, 5) is 0. The van der Waals surface area contributed by atoms with E-state index in [0.29, 0.717) is 23.7 Å². The average molecular weight is 538 g/mol. The molecule has 0 spiro atoms. The van der Waals surface area contributed by atoms with Crippen LogP contribution in [0.1, 0.15) is 96.3 Å². The molecule has 2 aromatic carbocycles. The van der Waals surface area contributed by atoms with Crippen LogP contribution in [-0.4, -0.2) is 24.4 Å². The third kappa shape index (κ3) is 4.27. The summed E-state index contributed by atoms with van der Waals surface area (Å²) in [7, 11) is -1.88. The molecular weight excluding hydrogens is 487 g/mol. The van der Waals surface area contributed by atoms with Gasteiger partial charge in [-0.1, -0.05) is 120 Å². The molecule has 208 valence electrons. The second-order valence-electron chi connectivity index (χ2n) is 15.3. The molecule has 5 atom stereocenters. The zero-order valence-electron chi connectivity index (χ0n) is 25.8. The smallest absolute Gasteiger partial charge is 0.127 e.